The molecule has 0 bridgehead atoms. The van der Waals surface area contributed by atoms with Crippen LogP contribution in [0.5, 0.6) is 0 Å². The van der Waals surface area contributed by atoms with Crippen LogP contribution in [0.2, 0.25) is 0 Å². The zero-order valence-corrected chi connectivity index (χ0v) is 17.5. The van der Waals surface area contributed by atoms with Crippen molar-refractivity contribution in [2.75, 3.05) is 20.2 Å². The molecule has 2 aliphatic carbocycles. The molecule has 4 nitrogen and oxygen atoms in total. The molecule has 0 spiro atoms. The van der Waals surface area contributed by atoms with Crippen LogP contribution in [0, 0.1) is 16.7 Å². The van der Waals surface area contributed by atoms with E-state index >= 15 is 0 Å². The molecule has 3 fully saturated rings. The van der Waals surface area contributed by atoms with Crippen LogP contribution in [0.3, 0.4) is 0 Å². The van der Waals surface area contributed by atoms with Gasteiger partial charge in [0.1, 0.15) is 0 Å². The fourth-order valence-corrected chi connectivity index (χ4v) is 4.86. The van der Waals surface area contributed by atoms with E-state index < -0.39 is 0 Å². The lowest BCUT2D eigenvalue weighted by molar-refractivity contribution is -0.188. The van der Waals surface area contributed by atoms with Crippen molar-refractivity contribution in [3.63, 3.8) is 0 Å². The first-order valence-electron chi connectivity index (χ1n) is 9.05. The largest absolute Gasteiger partial charge is 0.377 e. The van der Waals surface area contributed by atoms with Crippen molar-refractivity contribution in [1.82, 2.24) is 10.6 Å². The van der Waals surface area contributed by atoms with Crippen LogP contribution >= 0.6 is 24.0 Å². The van der Waals surface area contributed by atoms with E-state index in [9.17, 15) is 0 Å². The first-order chi connectivity index (χ1) is 10.5. The van der Waals surface area contributed by atoms with Crippen molar-refractivity contribution in [2.24, 2.45) is 21.7 Å². The molecule has 0 aromatic carbocycles. The summed E-state index contributed by atoms with van der Waals surface area (Å²) in [6.45, 7) is 9.01. The number of rotatable bonds is 3. The van der Waals surface area contributed by atoms with Gasteiger partial charge in [0, 0.05) is 37.6 Å². The predicted molar refractivity (Wildman–Crippen MR) is 107 cm³/mol. The quantitative estimate of drug-likeness (QED) is 0.405. The maximum absolute atomic E-state index is 5.99. The Balaban J connectivity index is 0.00000192. The highest BCUT2D eigenvalue weighted by Crippen LogP contribution is 2.51. The number of nitrogens with one attached hydrogen (secondary N) is 2. The van der Waals surface area contributed by atoms with E-state index in [4.69, 9.17) is 4.74 Å². The average molecular weight is 435 g/mol. The van der Waals surface area contributed by atoms with Gasteiger partial charge in [0.25, 0.3) is 0 Å². The number of hydrogen-bond donors (Lipinski definition) is 2. The zero-order chi connectivity index (χ0) is 15.8. The molecule has 0 radical (unpaired) electrons. The van der Waals surface area contributed by atoms with Crippen molar-refractivity contribution in [2.45, 2.75) is 71.4 Å². The minimum absolute atomic E-state index is 0. The number of halogens is 1. The van der Waals surface area contributed by atoms with E-state index in [0.717, 1.165) is 19.1 Å². The lowest BCUT2D eigenvalue weighted by Crippen LogP contribution is -2.71. The monoisotopic (exact) mass is 435 g/mol. The molecule has 0 aromatic rings. The second kappa shape index (κ2) is 7.46. The van der Waals surface area contributed by atoms with E-state index in [1.165, 1.54) is 38.5 Å². The highest BCUT2D eigenvalue weighted by molar-refractivity contribution is 14.0. The van der Waals surface area contributed by atoms with Crippen LogP contribution in [-0.2, 0) is 4.74 Å². The molecular formula is C18H34IN3O. The molecule has 3 rings (SSSR count). The highest BCUT2D eigenvalue weighted by atomic mass is 127. The number of nitrogens with zero attached hydrogens (tertiary/aromatic N) is 1. The Bertz CT molecular complexity index is 432. The number of ether oxygens (including phenoxy) is 1. The molecule has 1 heterocycles. The van der Waals surface area contributed by atoms with Gasteiger partial charge in [0.05, 0.1) is 6.10 Å². The Labute approximate surface area is 158 Å². The maximum Gasteiger partial charge on any atom is 0.191 e. The summed E-state index contributed by atoms with van der Waals surface area (Å²) >= 11 is 0. The summed E-state index contributed by atoms with van der Waals surface area (Å²) in [5.74, 6) is 1.61. The fourth-order valence-electron chi connectivity index (χ4n) is 4.86. The Morgan fingerprint density at radius 2 is 1.87 bits per heavy atom. The van der Waals surface area contributed by atoms with E-state index in [1.807, 2.05) is 7.05 Å². The Kier molecular flexibility index (Phi) is 6.26. The smallest absolute Gasteiger partial charge is 0.191 e. The number of aliphatic imine (C=N–C) groups is 1. The van der Waals surface area contributed by atoms with Gasteiger partial charge in [0.15, 0.2) is 5.96 Å². The standard InChI is InChI=1S/C18H33N3O.HI/c1-17(2)14(13-8-7-11-22-15(13)17)21-16(19-4)20-12-18(3)9-5-6-10-18;/h13-15H,5-12H2,1-4H3,(H2,19,20,21);1H. The first-order valence-corrected chi connectivity index (χ1v) is 9.05. The van der Waals surface area contributed by atoms with Crippen molar-refractivity contribution in [3.8, 4) is 0 Å². The third-order valence-electron chi connectivity index (χ3n) is 6.34. The average Bonchev–Trinajstić information content (AvgIpc) is 2.94. The molecular weight excluding hydrogens is 401 g/mol. The third kappa shape index (κ3) is 3.80. The van der Waals surface area contributed by atoms with E-state index in [1.54, 1.807) is 0 Å². The zero-order valence-electron chi connectivity index (χ0n) is 15.2. The van der Waals surface area contributed by atoms with Gasteiger partial charge in [-0.1, -0.05) is 33.6 Å². The minimum atomic E-state index is 0. The number of guanidine groups is 1. The molecule has 1 aliphatic heterocycles. The molecule has 2 N–H and O–H groups in total. The second-order valence-corrected chi connectivity index (χ2v) is 8.48. The van der Waals surface area contributed by atoms with E-state index in [-0.39, 0.29) is 29.4 Å². The van der Waals surface area contributed by atoms with Gasteiger partial charge in [-0.15, -0.1) is 24.0 Å². The van der Waals surface area contributed by atoms with Gasteiger partial charge < -0.3 is 15.4 Å². The maximum atomic E-state index is 5.99. The molecule has 0 amide bonds. The normalized spacial score (nSPS) is 34.8. The van der Waals surface area contributed by atoms with Crippen molar-refractivity contribution in [3.05, 3.63) is 0 Å². The fraction of sp³-hybridized carbons (Fsp3) is 0.944. The van der Waals surface area contributed by atoms with Gasteiger partial charge in [-0.3, -0.25) is 4.99 Å². The van der Waals surface area contributed by atoms with Gasteiger partial charge in [-0.2, -0.15) is 0 Å². The van der Waals surface area contributed by atoms with E-state index in [2.05, 4.69) is 36.4 Å². The number of fused-ring (bicyclic) bond motifs is 1. The second-order valence-electron chi connectivity index (χ2n) is 8.48. The molecule has 5 heteroatoms. The molecule has 23 heavy (non-hydrogen) atoms. The van der Waals surface area contributed by atoms with Crippen LogP contribution in [0.15, 0.2) is 4.99 Å². The van der Waals surface area contributed by atoms with Crippen molar-refractivity contribution < 1.29 is 4.74 Å². The summed E-state index contributed by atoms with van der Waals surface area (Å²) in [4.78, 5) is 4.46. The third-order valence-corrected chi connectivity index (χ3v) is 6.34. The lowest BCUT2D eigenvalue weighted by Gasteiger charge is -2.60. The van der Waals surface area contributed by atoms with Crippen LogP contribution in [0.1, 0.15) is 59.3 Å². The highest BCUT2D eigenvalue weighted by Gasteiger charge is 2.58. The number of hydrogen-bond acceptors (Lipinski definition) is 2. The van der Waals surface area contributed by atoms with Gasteiger partial charge >= 0.3 is 0 Å². The molecule has 2 saturated carbocycles. The summed E-state index contributed by atoms with van der Waals surface area (Å²) in [5.41, 5.74) is 0.642. The molecule has 1 saturated heterocycles. The molecule has 3 atom stereocenters. The predicted octanol–water partition coefficient (Wildman–Crippen LogP) is 3.55. The van der Waals surface area contributed by atoms with E-state index in [0.29, 0.717) is 23.5 Å². The van der Waals surface area contributed by atoms with Crippen molar-refractivity contribution in [1.29, 1.82) is 0 Å². The topological polar surface area (TPSA) is 45.7 Å². The SMILES string of the molecule is CN=C(NCC1(C)CCCC1)NC1C2CCCOC2C1(C)C.I. The first kappa shape index (κ1) is 19.3. The summed E-state index contributed by atoms with van der Waals surface area (Å²) in [7, 11) is 1.88. The summed E-state index contributed by atoms with van der Waals surface area (Å²) in [6.07, 6.45) is 8.32. The molecule has 3 aliphatic rings. The summed E-state index contributed by atoms with van der Waals surface area (Å²) in [6, 6.07) is 0.473. The Morgan fingerprint density at radius 1 is 1.17 bits per heavy atom. The van der Waals surface area contributed by atoms with Crippen molar-refractivity contribution >= 4 is 29.9 Å². The van der Waals surface area contributed by atoms with Gasteiger partial charge in [-0.05, 0) is 31.1 Å². The Morgan fingerprint density at radius 3 is 2.52 bits per heavy atom. The van der Waals surface area contributed by atoms with Gasteiger partial charge in [-0.25, -0.2) is 0 Å². The van der Waals surface area contributed by atoms with Crippen LogP contribution in [-0.4, -0.2) is 38.3 Å². The van der Waals surface area contributed by atoms with Crippen LogP contribution in [0.25, 0.3) is 0 Å². The van der Waals surface area contributed by atoms with Gasteiger partial charge in [0.2, 0.25) is 0 Å². The van der Waals surface area contributed by atoms with Crippen LogP contribution < -0.4 is 10.6 Å². The minimum Gasteiger partial charge on any atom is -0.377 e. The molecule has 134 valence electrons. The van der Waals surface area contributed by atoms with Crippen LogP contribution in [0.4, 0.5) is 0 Å². The molecule has 0 aromatic heterocycles. The Hall–Kier alpha value is -0.0400. The summed E-state index contributed by atoms with van der Waals surface area (Å²) < 4.78 is 5.99. The lowest BCUT2D eigenvalue weighted by atomic mass is 9.55. The molecule has 3 unspecified atom stereocenters. The summed E-state index contributed by atoms with van der Waals surface area (Å²) in [5, 5.41) is 7.28.